The van der Waals surface area contributed by atoms with Crippen molar-refractivity contribution >= 4 is 22.5 Å². The lowest BCUT2D eigenvalue weighted by Gasteiger charge is -2.46. The Hall–Kier alpha value is -2.05. The van der Waals surface area contributed by atoms with Crippen LogP contribution in [-0.2, 0) is 0 Å². The first-order valence-corrected chi connectivity index (χ1v) is 11.4. The molecule has 0 unspecified atom stereocenters. The van der Waals surface area contributed by atoms with Crippen molar-refractivity contribution in [3.63, 3.8) is 0 Å². The number of piperidine rings is 1. The van der Waals surface area contributed by atoms with Gasteiger partial charge in [-0.15, -0.1) is 0 Å². The smallest absolute Gasteiger partial charge is 0.126 e. The van der Waals surface area contributed by atoms with Crippen molar-refractivity contribution in [1.82, 2.24) is 9.88 Å². The first-order valence-electron chi connectivity index (χ1n) is 11.0. The molecule has 1 fully saturated rings. The molecular formula is C25H29ClN2O3. The fourth-order valence-electron chi connectivity index (χ4n) is 5.27. The number of H-pyrrole nitrogens is 1. The highest BCUT2D eigenvalue weighted by Crippen LogP contribution is 2.46. The summed E-state index contributed by atoms with van der Waals surface area (Å²) in [6.45, 7) is 6.22. The number of halogens is 1. The van der Waals surface area contributed by atoms with Gasteiger partial charge < -0.3 is 24.8 Å². The van der Waals surface area contributed by atoms with Gasteiger partial charge in [-0.05, 0) is 50.5 Å². The second-order valence-corrected chi connectivity index (χ2v) is 9.58. The third-order valence-corrected chi connectivity index (χ3v) is 7.42. The molecule has 3 N–H and O–H groups in total. The van der Waals surface area contributed by atoms with Crippen LogP contribution >= 0.6 is 11.6 Å². The maximum absolute atomic E-state index is 11.0. The Kier molecular flexibility index (Phi) is 5.25. The molecule has 2 atom stereocenters. The summed E-state index contributed by atoms with van der Waals surface area (Å²) in [4.78, 5) is 5.68. The SMILES string of the molecule is Cc1cc2c(cc1Cl)[C@H](O)CC1(CCN(C[C@H](O)c3c(C)[nH]c4ccccc34)CC1)O2. The summed E-state index contributed by atoms with van der Waals surface area (Å²) >= 11 is 6.25. The summed E-state index contributed by atoms with van der Waals surface area (Å²) in [5, 5.41) is 23.5. The highest BCUT2D eigenvalue weighted by atomic mass is 35.5. The van der Waals surface area contributed by atoms with E-state index in [2.05, 4.69) is 16.0 Å². The third-order valence-electron chi connectivity index (χ3n) is 7.02. The lowest BCUT2D eigenvalue weighted by molar-refractivity contribution is -0.0587. The van der Waals surface area contributed by atoms with Crippen molar-refractivity contribution in [2.45, 2.75) is 50.9 Å². The van der Waals surface area contributed by atoms with Gasteiger partial charge in [0.15, 0.2) is 0 Å². The Morgan fingerprint density at radius 1 is 1.23 bits per heavy atom. The van der Waals surface area contributed by atoms with Crippen molar-refractivity contribution in [3.8, 4) is 5.75 Å². The molecule has 0 bridgehead atoms. The van der Waals surface area contributed by atoms with Gasteiger partial charge in [-0.1, -0.05) is 29.8 Å². The Labute approximate surface area is 187 Å². The van der Waals surface area contributed by atoms with Gasteiger partial charge in [-0.2, -0.15) is 0 Å². The molecule has 164 valence electrons. The molecule has 3 aromatic rings. The molecule has 1 saturated heterocycles. The molecule has 2 aliphatic rings. The first kappa shape index (κ1) is 20.8. The molecule has 2 aliphatic heterocycles. The number of nitrogens with zero attached hydrogens (tertiary/aromatic N) is 1. The highest BCUT2D eigenvalue weighted by Gasteiger charge is 2.43. The monoisotopic (exact) mass is 440 g/mol. The van der Waals surface area contributed by atoms with Crippen LogP contribution in [0.3, 0.4) is 0 Å². The van der Waals surface area contributed by atoms with E-state index >= 15 is 0 Å². The number of aromatic amines is 1. The van der Waals surface area contributed by atoms with E-state index in [1.165, 1.54) is 0 Å². The van der Waals surface area contributed by atoms with E-state index in [4.69, 9.17) is 16.3 Å². The van der Waals surface area contributed by atoms with Crippen molar-refractivity contribution < 1.29 is 14.9 Å². The number of likely N-dealkylation sites (tertiary alicyclic amines) is 1. The van der Waals surface area contributed by atoms with E-state index < -0.39 is 12.2 Å². The first-order chi connectivity index (χ1) is 14.8. The van der Waals surface area contributed by atoms with Crippen LogP contribution in [0.2, 0.25) is 5.02 Å². The third kappa shape index (κ3) is 3.74. The number of fused-ring (bicyclic) bond motifs is 2. The average Bonchev–Trinajstić information content (AvgIpc) is 3.07. The second kappa shape index (κ2) is 7.82. The molecule has 1 aromatic heterocycles. The molecule has 5 rings (SSSR count). The Morgan fingerprint density at radius 2 is 1.97 bits per heavy atom. The fourth-order valence-corrected chi connectivity index (χ4v) is 5.44. The minimum absolute atomic E-state index is 0.356. The minimum atomic E-state index is -0.562. The molecule has 2 aromatic carbocycles. The molecule has 0 radical (unpaired) electrons. The van der Waals surface area contributed by atoms with Crippen molar-refractivity contribution in [1.29, 1.82) is 0 Å². The molecule has 3 heterocycles. The molecule has 5 nitrogen and oxygen atoms in total. The van der Waals surface area contributed by atoms with Gasteiger partial charge in [0, 0.05) is 58.8 Å². The van der Waals surface area contributed by atoms with E-state index in [9.17, 15) is 10.2 Å². The number of aliphatic hydroxyl groups is 2. The summed E-state index contributed by atoms with van der Waals surface area (Å²) < 4.78 is 6.46. The number of nitrogens with one attached hydrogen (secondary N) is 1. The molecule has 31 heavy (non-hydrogen) atoms. The van der Waals surface area contributed by atoms with Gasteiger partial charge in [-0.25, -0.2) is 0 Å². The molecule has 6 heteroatoms. The van der Waals surface area contributed by atoms with Crippen LogP contribution in [0.25, 0.3) is 10.9 Å². The van der Waals surface area contributed by atoms with Crippen LogP contribution in [0, 0.1) is 13.8 Å². The maximum Gasteiger partial charge on any atom is 0.126 e. The topological polar surface area (TPSA) is 68.7 Å². The standard InChI is InChI=1S/C25H29ClN2O3/c1-15-11-23-18(12-19(15)26)21(29)13-25(31-23)7-9-28(10-8-25)14-22(30)24-16(2)27-20-6-4-3-5-17(20)24/h3-6,11-12,21-22,27,29-30H,7-10,13-14H2,1-2H3/t21-,22+/m1/s1. The van der Waals surface area contributed by atoms with Crippen molar-refractivity contribution in [3.05, 3.63) is 63.8 Å². The largest absolute Gasteiger partial charge is 0.487 e. The van der Waals surface area contributed by atoms with E-state index in [1.807, 2.05) is 44.2 Å². The van der Waals surface area contributed by atoms with Crippen molar-refractivity contribution in [2.75, 3.05) is 19.6 Å². The van der Waals surface area contributed by atoms with Gasteiger partial charge in [0.05, 0.1) is 12.2 Å². The van der Waals surface area contributed by atoms with Crippen LogP contribution in [0.1, 0.15) is 53.9 Å². The number of ether oxygens (including phenoxy) is 1. The van der Waals surface area contributed by atoms with Crippen molar-refractivity contribution in [2.24, 2.45) is 0 Å². The van der Waals surface area contributed by atoms with E-state index in [0.717, 1.165) is 65.0 Å². The Balaban J connectivity index is 1.28. The van der Waals surface area contributed by atoms with E-state index in [1.54, 1.807) is 0 Å². The predicted molar refractivity (Wildman–Crippen MR) is 123 cm³/mol. The number of hydrogen-bond acceptors (Lipinski definition) is 4. The average molecular weight is 441 g/mol. The minimum Gasteiger partial charge on any atom is -0.487 e. The highest BCUT2D eigenvalue weighted by molar-refractivity contribution is 6.31. The summed E-state index contributed by atoms with van der Waals surface area (Å²) in [7, 11) is 0. The zero-order valence-electron chi connectivity index (χ0n) is 18.0. The Bertz CT molecular complexity index is 1120. The summed E-state index contributed by atoms with van der Waals surface area (Å²) in [6, 6.07) is 11.9. The van der Waals surface area contributed by atoms with Gasteiger partial charge in [-0.3, -0.25) is 0 Å². The predicted octanol–water partition coefficient (Wildman–Crippen LogP) is 4.82. The molecule has 0 aliphatic carbocycles. The van der Waals surface area contributed by atoms with Crippen LogP contribution in [0.15, 0.2) is 36.4 Å². The van der Waals surface area contributed by atoms with Gasteiger partial charge in [0.25, 0.3) is 0 Å². The number of β-amino-alcohol motifs (C(OH)–C–C–N with tert-alkyl or cyclic N) is 1. The van der Waals surface area contributed by atoms with Crippen LogP contribution < -0.4 is 4.74 Å². The van der Waals surface area contributed by atoms with Gasteiger partial charge in [0.1, 0.15) is 11.4 Å². The van der Waals surface area contributed by atoms with Gasteiger partial charge >= 0.3 is 0 Å². The van der Waals surface area contributed by atoms with E-state index in [-0.39, 0.29) is 5.60 Å². The number of hydrogen-bond donors (Lipinski definition) is 3. The van der Waals surface area contributed by atoms with Crippen LogP contribution in [0.5, 0.6) is 5.75 Å². The normalized spacial score (nSPS) is 21.8. The molecule has 0 amide bonds. The summed E-state index contributed by atoms with van der Waals surface area (Å²) in [5.74, 6) is 0.753. The number of aromatic nitrogens is 1. The Morgan fingerprint density at radius 3 is 2.74 bits per heavy atom. The van der Waals surface area contributed by atoms with Crippen LogP contribution in [0.4, 0.5) is 0 Å². The lowest BCUT2D eigenvalue weighted by Crippen LogP contribution is -2.51. The number of aliphatic hydroxyl groups excluding tert-OH is 2. The lowest BCUT2D eigenvalue weighted by atomic mass is 9.81. The second-order valence-electron chi connectivity index (χ2n) is 9.17. The summed E-state index contributed by atoms with van der Waals surface area (Å²) in [5.41, 5.74) is 4.46. The zero-order valence-corrected chi connectivity index (χ0v) is 18.7. The van der Waals surface area contributed by atoms with Gasteiger partial charge in [0.2, 0.25) is 0 Å². The number of benzene rings is 2. The number of para-hydroxylation sites is 1. The quantitative estimate of drug-likeness (QED) is 0.546. The zero-order chi connectivity index (χ0) is 21.8. The fraction of sp³-hybridized carbons (Fsp3) is 0.440. The molecular weight excluding hydrogens is 412 g/mol. The molecule has 0 saturated carbocycles. The maximum atomic E-state index is 11.0. The number of aryl methyl sites for hydroxylation is 2. The number of rotatable bonds is 3. The molecule has 1 spiro atoms. The van der Waals surface area contributed by atoms with Crippen LogP contribution in [-0.4, -0.2) is 45.3 Å². The van der Waals surface area contributed by atoms with E-state index in [0.29, 0.717) is 18.0 Å². The summed E-state index contributed by atoms with van der Waals surface area (Å²) in [6.07, 6.45) is 1.12.